The van der Waals surface area contributed by atoms with Crippen LogP contribution in [0.2, 0.25) is 0 Å². The van der Waals surface area contributed by atoms with Gasteiger partial charge in [0.25, 0.3) is 0 Å². The van der Waals surface area contributed by atoms with Crippen LogP contribution in [0.4, 0.5) is 5.69 Å². The van der Waals surface area contributed by atoms with E-state index in [-0.39, 0.29) is 11.8 Å². The van der Waals surface area contributed by atoms with Crippen LogP contribution in [-0.2, 0) is 4.79 Å². The van der Waals surface area contributed by atoms with E-state index in [1.165, 1.54) is 17.3 Å². The molecule has 4 heteroatoms. The Balaban J connectivity index is 2.35. The number of nitrogens with zero attached hydrogens (tertiary/aromatic N) is 2. The maximum atomic E-state index is 11.7. The highest BCUT2D eigenvalue weighted by Gasteiger charge is 2.30. The lowest BCUT2D eigenvalue weighted by Crippen LogP contribution is -2.25. The van der Waals surface area contributed by atoms with E-state index in [1.807, 2.05) is 0 Å². The monoisotopic (exact) mass is 214 g/mol. The molecule has 1 aliphatic rings. The molecule has 0 radical (unpaired) electrons. The molecule has 2 heterocycles. The molecule has 0 spiro atoms. The lowest BCUT2D eigenvalue weighted by molar-refractivity contribution is -0.117. The van der Waals surface area contributed by atoms with Crippen molar-refractivity contribution in [2.75, 3.05) is 11.4 Å². The predicted octanol–water partition coefficient (Wildman–Crippen LogP) is 0.880. The van der Waals surface area contributed by atoms with Crippen molar-refractivity contribution in [3.8, 4) is 12.3 Å². The van der Waals surface area contributed by atoms with E-state index in [0.29, 0.717) is 30.5 Å². The average Bonchev–Trinajstić information content (AvgIpc) is 2.70. The first-order valence-electron chi connectivity index (χ1n) is 4.92. The van der Waals surface area contributed by atoms with Crippen LogP contribution in [0.15, 0.2) is 18.5 Å². The number of carbonyl (C=O) groups is 2. The highest BCUT2D eigenvalue weighted by atomic mass is 16.2. The number of aldehydes is 1. The molecular weight excluding hydrogens is 204 g/mol. The van der Waals surface area contributed by atoms with Gasteiger partial charge in [-0.05, 0) is 6.07 Å². The van der Waals surface area contributed by atoms with Crippen LogP contribution < -0.4 is 4.90 Å². The van der Waals surface area contributed by atoms with Gasteiger partial charge < -0.3 is 4.90 Å². The largest absolute Gasteiger partial charge is 0.309 e. The maximum absolute atomic E-state index is 11.7. The third-order valence-corrected chi connectivity index (χ3v) is 2.61. The second kappa shape index (κ2) is 4.15. The molecule has 16 heavy (non-hydrogen) atoms. The fraction of sp³-hybridized carbons (Fsp3) is 0.250. The Hall–Kier alpha value is -2.15. The summed E-state index contributed by atoms with van der Waals surface area (Å²) in [5, 5.41) is 0. The topological polar surface area (TPSA) is 50.3 Å². The van der Waals surface area contributed by atoms with Gasteiger partial charge >= 0.3 is 0 Å². The van der Waals surface area contributed by atoms with Crippen molar-refractivity contribution < 1.29 is 9.59 Å². The number of hydrogen-bond donors (Lipinski definition) is 0. The van der Waals surface area contributed by atoms with Crippen molar-refractivity contribution >= 4 is 17.9 Å². The minimum absolute atomic E-state index is 0.0564. The zero-order valence-corrected chi connectivity index (χ0v) is 8.59. The number of rotatable bonds is 2. The molecule has 1 saturated heterocycles. The second-order valence-corrected chi connectivity index (χ2v) is 3.62. The van der Waals surface area contributed by atoms with Gasteiger partial charge in [0.1, 0.15) is 0 Å². The van der Waals surface area contributed by atoms with Crippen LogP contribution in [0.3, 0.4) is 0 Å². The maximum Gasteiger partial charge on any atom is 0.228 e. The lowest BCUT2D eigenvalue weighted by atomic mass is 10.1. The van der Waals surface area contributed by atoms with E-state index in [1.54, 1.807) is 6.07 Å². The fourth-order valence-electron chi connectivity index (χ4n) is 1.77. The predicted molar refractivity (Wildman–Crippen MR) is 58.9 cm³/mol. The van der Waals surface area contributed by atoms with Gasteiger partial charge in [0, 0.05) is 30.6 Å². The number of carbonyl (C=O) groups excluding carboxylic acids is 2. The zero-order valence-electron chi connectivity index (χ0n) is 8.59. The number of amides is 1. The van der Waals surface area contributed by atoms with Crippen LogP contribution >= 0.6 is 0 Å². The van der Waals surface area contributed by atoms with E-state index in [0.717, 1.165) is 0 Å². The molecule has 1 atom stereocenters. The number of anilines is 1. The van der Waals surface area contributed by atoms with E-state index >= 15 is 0 Å². The Morgan fingerprint density at radius 2 is 2.44 bits per heavy atom. The van der Waals surface area contributed by atoms with Gasteiger partial charge in [0.05, 0.1) is 11.9 Å². The van der Waals surface area contributed by atoms with Crippen molar-refractivity contribution in [1.29, 1.82) is 0 Å². The zero-order chi connectivity index (χ0) is 11.5. The second-order valence-electron chi connectivity index (χ2n) is 3.62. The molecule has 0 aromatic carbocycles. The molecule has 0 saturated carbocycles. The Bertz CT molecular complexity index is 476. The van der Waals surface area contributed by atoms with Gasteiger partial charge in [-0.2, -0.15) is 0 Å². The lowest BCUT2D eigenvalue weighted by Gasteiger charge is -2.16. The Kier molecular flexibility index (Phi) is 2.69. The molecule has 1 fully saturated rings. The van der Waals surface area contributed by atoms with E-state index in [2.05, 4.69) is 10.9 Å². The fourth-order valence-corrected chi connectivity index (χ4v) is 1.77. The van der Waals surface area contributed by atoms with Gasteiger partial charge in [-0.1, -0.05) is 0 Å². The van der Waals surface area contributed by atoms with Crippen molar-refractivity contribution in [3.63, 3.8) is 0 Å². The summed E-state index contributed by atoms with van der Waals surface area (Å²) in [6.07, 6.45) is 9.38. The molecular formula is C12H10N2O2. The Morgan fingerprint density at radius 3 is 3.06 bits per heavy atom. The van der Waals surface area contributed by atoms with Crippen LogP contribution in [0.25, 0.3) is 0 Å². The summed E-state index contributed by atoms with van der Waals surface area (Å²) in [4.78, 5) is 28.0. The number of terminal acetylenes is 1. The van der Waals surface area contributed by atoms with Crippen LogP contribution in [0.1, 0.15) is 16.8 Å². The molecule has 0 aliphatic carbocycles. The standard InChI is InChI=1S/C12H10N2O2/c1-2-9-5-12(16)14(7-9)11-6-13-4-3-10(11)8-15/h1,3-4,6,8-9H,5,7H2. The first-order valence-corrected chi connectivity index (χ1v) is 4.92. The molecule has 1 amide bonds. The molecule has 1 unspecified atom stereocenters. The summed E-state index contributed by atoms with van der Waals surface area (Å²) in [6.45, 7) is 0.460. The third-order valence-electron chi connectivity index (χ3n) is 2.61. The van der Waals surface area contributed by atoms with Crippen molar-refractivity contribution in [2.24, 2.45) is 5.92 Å². The molecule has 4 nitrogen and oxygen atoms in total. The van der Waals surface area contributed by atoms with Gasteiger partial charge in [0.15, 0.2) is 6.29 Å². The molecule has 1 aromatic rings. The van der Waals surface area contributed by atoms with Gasteiger partial charge in [-0.25, -0.2) is 0 Å². The van der Waals surface area contributed by atoms with Crippen molar-refractivity contribution in [1.82, 2.24) is 4.98 Å². The normalized spacial score (nSPS) is 19.6. The molecule has 2 rings (SSSR count). The summed E-state index contributed by atoms with van der Waals surface area (Å²) < 4.78 is 0. The quantitative estimate of drug-likeness (QED) is 0.542. The highest BCUT2D eigenvalue weighted by Crippen LogP contribution is 2.26. The van der Waals surface area contributed by atoms with E-state index in [4.69, 9.17) is 6.42 Å². The Morgan fingerprint density at radius 1 is 1.62 bits per heavy atom. The summed E-state index contributed by atoms with van der Waals surface area (Å²) in [5.74, 6) is 2.43. The molecule has 80 valence electrons. The number of pyridine rings is 1. The molecule has 1 aromatic heterocycles. The highest BCUT2D eigenvalue weighted by molar-refractivity contribution is 6.00. The summed E-state index contributed by atoms with van der Waals surface area (Å²) >= 11 is 0. The number of hydrogen-bond acceptors (Lipinski definition) is 3. The van der Waals surface area contributed by atoms with Gasteiger partial charge in [0.2, 0.25) is 5.91 Å². The smallest absolute Gasteiger partial charge is 0.228 e. The van der Waals surface area contributed by atoms with Crippen LogP contribution in [0.5, 0.6) is 0 Å². The molecule has 0 N–H and O–H groups in total. The number of aromatic nitrogens is 1. The SMILES string of the molecule is C#CC1CC(=O)N(c2cnccc2C=O)C1. The van der Waals surface area contributed by atoms with E-state index in [9.17, 15) is 9.59 Å². The third kappa shape index (κ3) is 1.68. The van der Waals surface area contributed by atoms with Crippen molar-refractivity contribution in [3.05, 3.63) is 24.0 Å². The van der Waals surface area contributed by atoms with Gasteiger partial charge in [-0.3, -0.25) is 14.6 Å². The minimum atomic E-state index is -0.0767. The van der Waals surface area contributed by atoms with Crippen molar-refractivity contribution in [2.45, 2.75) is 6.42 Å². The van der Waals surface area contributed by atoms with Crippen LogP contribution in [0, 0.1) is 18.3 Å². The van der Waals surface area contributed by atoms with E-state index < -0.39 is 0 Å². The minimum Gasteiger partial charge on any atom is -0.309 e. The summed E-state index contributed by atoms with van der Waals surface area (Å²) in [5.41, 5.74) is 1.00. The Labute approximate surface area is 93.3 Å². The average molecular weight is 214 g/mol. The molecule has 0 bridgehead atoms. The summed E-state index contributed by atoms with van der Waals surface area (Å²) in [6, 6.07) is 1.58. The first kappa shape index (κ1) is 10.4. The molecule has 1 aliphatic heterocycles. The van der Waals surface area contributed by atoms with Gasteiger partial charge in [-0.15, -0.1) is 12.3 Å². The first-order chi connectivity index (χ1) is 7.76. The summed E-state index contributed by atoms with van der Waals surface area (Å²) in [7, 11) is 0. The van der Waals surface area contributed by atoms with Crippen LogP contribution in [-0.4, -0.2) is 23.7 Å².